The van der Waals surface area contributed by atoms with Crippen LogP contribution in [0, 0.1) is 41.5 Å². The molecule has 1 heterocycles. The van der Waals surface area contributed by atoms with Crippen LogP contribution in [-0.4, -0.2) is 0 Å². The molecule has 1 saturated heterocycles. The van der Waals surface area contributed by atoms with Crippen molar-refractivity contribution in [3.63, 3.8) is 0 Å². The van der Waals surface area contributed by atoms with Gasteiger partial charge in [-0.1, -0.05) is 0 Å². The van der Waals surface area contributed by atoms with E-state index >= 15 is 0 Å². The van der Waals surface area contributed by atoms with Crippen LogP contribution in [0.3, 0.4) is 0 Å². The van der Waals surface area contributed by atoms with Crippen molar-refractivity contribution in [2.45, 2.75) is 109 Å². The molecular weight excluding hydrogens is 715 g/mol. The number of benzene rings is 4. The first-order valence-corrected chi connectivity index (χ1v) is 24.8. The van der Waals surface area contributed by atoms with E-state index in [1.807, 2.05) is 0 Å². The fourth-order valence-corrected chi connectivity index (χ4v) is 27.9. The molecule has 7 rings (SSSR count). The Labute approximate surface area is 314 Å². The Kier molecular flexibility index (Phi) is 11.8. The molecule has 0 spiro atoms. The number of fused-ring (bicyclic) bond motifs is 2. The average Bonchev–Trinajstić information content (AvgIpc) is 3.59. The Morgan fingerprint density at radius 3 is 1.27 bits per heavy atom. The zero-order chi connectivity index (χ0) is 33.0. The fraction of sp³-hybridized carbons (Fsp3) is 0.391. The van der Waals surface area contributed by atoms with E-state index < -0.39 is 20.3 Å². The van der Waals surface area contributed by atoms with Crippen LogP contribution < -0.4 is 24.8 Å². The summed E-state index contributed by atoms with van der Waals surface area (Å²) in [5, 5.41) is 0. The fourth-order valence-electron chi connectivity index (χ4n) is 9.86. The van der Waals surface area contributed by atoms with Crippen LogP contribution in [0.1, 0.15) is 115 Å². The number of aryl methyl sites for hydroxylation is 6. The van der Waals surface area contributed by atoms with Crippen LogP contribution in [0.2, 0.25) is 8.26 Å². The van der Waals surface area contributed by atoms with Crippen LogP contribution in [-0.2, 0) is 20.3 Å². The minimum Gasteiger partial charge on any atom is -1.00 e. The van der Waals surface area contributed by atoms with E-state index in [0.717, 1.165) is 0 Å². The van der Waals surface area contributed by atoms with Crippen molar-refractivity contribution in [1.29, 1.82) is 0 Å². The molecule has 1 aliphatic heterocycles. The summed E-state index contributed by atoms with van der Waals surface area (Å²) in [6.45, 7) is 19.0. The van der Waals surface area contributed by atoms with E-state index in [4.69, 9.17) is 0 Å². The molecule has 256 valence electrons. The normalized spacial score (nSPS) is 17.6. The predicted molar refractivity (Wildman–Crippen MR) is 202 cm³/mol. The molecule has 0 radical (unpaired) electrons. The number of halogens is 2. The quantitative estimate of drug-likeness (QED) is 0.154. The van der Waals surface area contributed by atoms with Gasteiger partial charge in [-0.2, -0.15) is 0 Å². The molecule has 4 aromatic carbocycles. The van der Waals surface area contributed by atoms with Crippen molar-refractivity contribution in [3.8, 4) is 22.3 Å². The molecule has 0 bridgehead atoms. The maximum Gasteiger partial charge on any atom is -1.00 e. The van der Waals surface area contributed by atoms with E-state index in [1.54, 1.807) is 44.5 Å². The van der Waals surface area contributed by atoms with E-state index in [1.165, 1.54) is 91.3 Å². The molecule has 3 heteroatoms. The van der Waals surface area contributed by atoms with E-state index in [2.05, 4.69) is 128 Å². The summed E-state index contributed by atoms with van der Waals surface area (Å²) >= 11 is -2.88. The first-order valence-electron chi connectivity index (χ1n) is 18.5. The smallest absolute Gasteiger partial charge is 1.00 e. The van der Waals surface area contributed by atoms with Gasteiger partial charge in [-0.25, -0.2) is 0 Å². The second kappa shape index (κ2) is 15.2. The molecule has 2 unspecified atom stereocenters. The first-order chi connectivity index (χ1) is 22.7. The Morgan fingerprint density at radius 2 is 0.918 bits per heavy atom. The average molecular weight is 769 g/mol. The number of rotatable bonds is 10. The van der Waals surface area contributed by atoms with Gasteiger partial charge in [0, 0.05) is 0 Å². The van der Waals surface area contributed by atoms with Gasteiger partial charge >= 0.3 is 292 Å². The monoisotopic (exact) mass is 766 g/mol. The third kappa shape index (κ3) is 6.45. The van der Waals surface area contributed by atoms with E-state index in [-0.39, 0.29) is 24.8 Å². The maximum atomic E-state index is 2.74. The molecule has 0 aromatic heterocycles. The van der Waals surface area contributed by atoms with Gasteiger partial charge in [0.25, 0.3) is 0 Å². The summed E-state index contributed by atoms with van der Waals surface area (Å²) in [6, 6.07) is 23.3. The van der Waals surface area contributed by atoms with Crippen LogP contribution in [0.5, 0.6) is 0 Å². The molecule has 3 aliphatic rings. The standard InChI is InChI=1S/2C22H25.C2H4.2ClH.Zr/c2*1-5-6-10-18-13-20-16(3)12-17(4)22(21(20)14-18)19-11-8-7-9-15(19)2;1-2;;;/h2*7-9,11-14H,5-6,10H2,1-4H3;1-2H2;2*1H;/q;;;;;+2/p-2. The molecule has 1 fully saturated rings. The molecule has 2 atom stereocenters. The van der Waals surface area contributed by atoms with Gasteiger partial charge < -0.3 is 24.8 Å². The summed E-state index contributed by atoms with van der Waals surface area (Å²) in [5.41, 5.74) is 24.8. The molecular formula is C46H54Cl2Zr. The number of hydrogen-bond donors (Lipinski definition) is 0. The minimum absolute atomic E-state index is 0. The van der Waals surface area contributed by atoms with E-state index in [0.29, 0.717) is 7.25 Å². The summed E-state index contributed by atoms with van der Waals surface area (Å²) in [5.74, 6) is 0. The van der Waals surface area contributed by atoms with Gasteiger partial charge in [-0.05, 0) is 0 Å². The Hall–Kier alpha value is -2.18. The van der Waals surface area contributed by atoms with Gasteiger partial charge in [0.05, 0.1) is 0 Å². The number of allylic oxidation sites excluding steroid dienone is 2. The topological polar surface area (TPSA) is 0 Å². The minimum atomic E-state index is -2.88. The van der Waals surface area contributed by atoms with Gasteiger partial charge in [0.1, 0.15) is 0 Å². The SMILES string of the molecule is CCCCC1=Cc2c(-c3ccccc3C)c(C)cc(C)c2[CH]1[Zr+2]1([CH]2C(CCCC)=Cc3c(-c4ccccc4C)c(C)cc(C)c32)[CH2][CH2]1.[Cl-].[Cl-]. The molecule has 4 aromatic rings. The maximum absolute atomic E-state index is 2.88. The summed E-state index contributed by atoms with van der Waals surface area (Å²) in [6.07, 6.45) is 13.1. The van der Waals surface area contributed by atoms with Crippen molar-refractivity contribution in [1.82, 2.24) is 0 Å². The zero-order valence-electron chi connectivity index (χ0n) is 31.0. The first kappa shape index (κ1) is 38.1. The van der Waals surface area contributed by atoms with Gasteiger partial charge in [0.2, 0.25) is 0 Å². The summed E-state index contributed by atoms with van der Waals surface area (Å²) < 4.78 is 4.43. The molecule has 49 heavy (non-hydrogen) atoms. The van der Waals surface area contributed by atoms with Crippen molar-refractivity contribution in [3.05, 3.63) is 127 Å². The van der Waals surface area contributed by atoms with Crippen molar-refractivity contribution in [2.24, 2.45) is 0 Å². The zero-order valence-corrected chi connectivity index (χ0v) is 35.0. The van der Waals surface area contributed by atoms with Crippen LogP contribution in [0.4, 0.5) is 0 Å². The number of hydrogen-bond acceptors (Lipinski definition) is 0. The Bertz CT molecular complexity index is 1800. The second-order valence-corrected chi connectivity index (χ2v) is 26.7. The number of unbranched alkanes of at least 4 members (excludes halogenated alkanes) is 2. The van der Waals surface area contributed by atoms with E-state index in [9.17, 15) is 0 Å². The largest absolute Gasteiger partial charge is 1.00 e. The Balaban J connectivity index is 0.00000234. The van der Waals surface area contributed by atoms with Crippen LogP contribution >= 0.6 is 0 Å². The molecule has 2 aliphatic carbocycles. The van der Waals surface area contributed by atoms with Crippen molar-refractivity contribution in [2.75, 3.05) is 0 Å². The predicted octanol–water partition coefficient (Wildman–Crippen LogP) is 7.84. The van der Waals surface area contributed by atoms with Crippen LogP contribution in [0.15, 0.2) is 71.8 Å². The van der Waals surface area contributed by atoms with Gasteiger partial charge in [0.15, 0.2) is 0 Å². The molecule has 0 amide bonds. The molecule has 0 N–H and O–H groups in total. The summed E-state index contributed by atoms with van der Waals surface area (Å²) in [7, 11) is 0. The molecule has 0 nitrogen and oxygen atoms in total. The third-order valence-electron chi connectivity index (χ3n) is 12.0. The summed E-state index contributed by atoms with van der Waals surface area (Å²) in [4.78, 5) is 0. The second-order valence-electron chi connectivity index (χ2n) is 15.3. The van der Waals surface area contributed by atoms with Crippen LogP contribution in [0.25, 0.3) is 34.4 Å². The van der Waals surface area contributed by atoms with Gasteiger partial charge in [-0.3, -0.25) is 0 Å². The molecule has 0 saturated carbocycles. The van der Waals surface area contributed by atoms with Crippen molar-refractivity contribution >= 4 is 12.2 Å². The van der Waals surface area contributed by atoms with Gasteiger partial charge in [-0.15, -0.1) is 0 Å². The third-order valence-corrected chi connectivity index (χ3v) is 25.0. The Morgan fingerprint density at radius 1 is 0.531 bits per heavy atom. The van der Waals surface area contributed by atoms with Crippen molar-refractivity contribution < 1.29 is 45.1 Å².